The molecule has 1 saturated heterocycles. The van der Waals surface area contributed by atoms with E-state index in [0.717, 1.165) is 25.9 Å². The Morgan fingerprint density at radius 3 is 2.56 bits per heavy atom. The number of hydrogen-bond acceptors (Lipinski definition) is 3. The molecule has 4 heteroatoms. The van der Waals surface area contributed by atoms with Crippen molar-refractivity contribution in [2.45, 2.75) is 44.6 Å². The molecule has 1 saturated carbocycles. The topological polar surface area (TPSA) is 62.1 Å². The molecule has 1 amide bonds. The summed E-state index contributed by atoms with van der Waals surface area (Å²) in [6, 6.07) is 2.17. The summed E-state index contributed by atoms with van der Waals surface area (Å²) in [6.45, 7) is 3.32. The van der Waals surface area contributed by atoms with Crippen molar-refractivity contribution in [2.75, 3.05) is 13.2 Å². The summed E-state index contributed by atoms with van der Waals surface area (Å²) in [6.07, 6.45) is 4.28. The van der Waals surface area contributed by atoms with Gasteiger partial charge < -0.3 is 10.1 Å². The van der Waals surface area contributed by atoms with E-state index in [1.165, 1.54) is 0 Å². The number of nitriles is 1. The van der Waals surface area contributed by atoms with Gasteiger partial charge in [0.2, 0.25) is 5.91 Å². The Balaban J connectivity index is 1.98. The second kappa shape index (κ2) is 4.06. The minimum Gasteiger partial charge on any atom is -0.379 e. The van der Waals surface area contributed by atoms with Gasteiger partial charge in [0.25, 0.3) is 0 Å². The summed E-state index contributed by atoms with van der Waals surface area (Å²) in [5, 5.41) is 12.1. The summed E-state index contributed by atoms with van der Waals surface area (Å²) in [7, 11) is 0. The Labute approximate surface area is 96.0 Å². The van der Waals surface area contributed by atoms with Gasteiger partial charge in [0.05, 0.1) is 18.2 Å². The van der Waals surface area contributed by atoms with Gasteiger partial charge in [0, 0.05) is 6.61 Å². The lowest BCUT2D eigenvalue weighted by Crippen LogP contribution is -2.57. The molecule has 1 aliphatic carbocycles. The quantitative estimate of drug-likeness (QED) is 0.767. The van der Waals surface area contributed by atoms with E-state index in [4.69, 9.17) is 10.00 Å². The SMILES string of the molecule is CC1(NC(=O)C2(C#N)CCC2)CCCOC1. The summed E-state index contributed by atoms with van der Waals surface area (Å²) in [5.41, 5.74) is -1.03. The van der Waals surface area contributed by atoms with Gasteiger partial charge in [0.15, 0.2) is 0 Å². The molecule has 0 spiro atoms. The normalized spacial score (nSPS) is 32.2. The maximum absolute atomic E-state index is 12.1. The average molecular weight is 222 g/mol. The summed E-state index contributed by atoms with van der Waals surface area (Å²) in [4.78, 5) is 12.1. The fourth-order valence-electron chi connectivity index (χ4n) is 2.35. The number of hydrogen-bond donors (Lipinski definition) is 1. The first kappa shape index (κ1) is 11.4. The van der Waals surface area contributed by atoms with Crippen molar-refractivity contribution < 1.29 is 9.53 Å². The predicted molar refractivity (Wildman–Crippen MR) is 58.5 cm³/mol. The van der Waals surface area contributed by atoms with Crippen molar-refractivity contribution in [2.24, 2.45) is 5.41 Å². The first-order chi connectivity index (χ1) is 7.60. The molecular weight excluding hydrogens is 204 g/mol. The van der Waals surface area contributed by atoms with E-state index < -0.39 is 5.41 Å². The number of ether oxygens (including phenoxy) is 1. The van der Waals surface area contributed by atoms with Gasteiger partial charge in [0.1, 0.15) is 5.41 Å². The number of nitrogens with one attached hydrogen (secondary N) is 1. The lowest BCUT2D eigenvalue weighted by molar-refractivity contribution is -0.135. The van der Waals surface area contributed by atoms with Crippen LogP contribution in [0, 0.1) is 16.7 Å². The van der Waals surface area contributed by atoms with E-state index in [2.05, 4.69) is 11.4 Å². The molecule has 1 aliphatic heterocycles. The van der Waals surface area contributed by atoms with Gasteiger partial charge in [-0.25, -0.2) is 0 Å². The monoisotopic (exact) mass is 222 g/mol. The van der Waals surface area contributed by atoms with Crippen molar-refractivity contribution in [3.8, 4) is 6.07 Å². The molecule has 1 N–H and O–H groups in total. The molecule has 0 aromatic carbocycles. The van der Waals surface area contributed by atoms with Gasteiger partial charge >= 0.3 is 0 Å². The molecule has 1 atom stereocenters. The van der Waals surface area contributed by atoms with Gasteiger partial charge in [-0.15, -0.1) is 0 Å². The van der Waals surface area contributed by atoms with Gasteiger partial charge in [-0.2, -0.15) is 5.26 Å². The number of carbonyl (C=O) groups excluding carboxylic acids is 1. The van der Waals surface area contributed by atoms with Crippen LogP contribution in [0.4, 0.5) is 0 Å². The first-order valence-corrected chi connectivity index (χ1v) is 5.92. The minimum atomic E-state index is -0.750. The lowest BCUT2D eigenvalue weighted by Gasteiger charge is -2.40. The van der Waals surface area contributed by atoms with E-state index in [1.807, 2.05) is 6.92 Å². The molecule has 88 valence electrons. The zero-order valence-electron chi connectivity index (χ0n) is 9.71. The second-order valence-corrected chi connectivity index (χ2v) is 5.22. The highest BCUT2D eigenvalue weighted by Gasteiger charge is 2.46. The van der Waals surface area contributed by atoms with Crippen LogP contribution in [-0.2, 0) is 9.53 Å². The van der Waals surface area contributed by atoms with Gasteiger partial charge in [-0.3, -0.25) is 4.79 Å². The van der Waals surface area contributed by atoms with E-state index in [0.29, 0.717) is 19.4 Å². The zero-order chi connectivity index (χ0) is 11.6. The van der Waals surface area contributed by atoms with E-state index in [9.17, 15) is 4.79 Å². The number of carbonyl (C=O) groups is 1. The van der Waals surface area contributed by atoms with Crippen molar-refractivity contribution >= 4 is 5.91 Å². The van der Waals surface area contributed by atoms with Crippen LogP contribution < -0.4 is 5.32 Å². The first-order valence-electron chi connectivity index (χ1n) is 5.92. The highest BCUT2D eigenvalue weighted by atomic mass is 16.5. The highest BCUT2D eigenvalue weighted by Crippen LogP contribution is 2.41. The molecule has 0 aromatic rings. The van der Waals surface area contributed by atoms with Crippen LogP contribution in [0.2, 0.25) is 0 Å². The Kier molecular flexibility index (Phi) is 2.90. The molecule has 2 aliphatic rings. The van der Waals surface area contributed by atoms with Crippen LogP contribution in [0.5, 0.6) is 0 Å². The smallest absolute Gasteiger partial charge is 0.240 e. The third-order valence-corrected chi connectivity index (χ3v) is 3.71. The fourth-order valence-corrected chi connectivity index (χ4v) is 2.35. The van der Waals surface area contributed by atoms with Gasteiger partial charge in [-0.1, -0.05) is 0 Å². The van der Waals surface area contributed by atoms with Crippen LogP contribution >= 0.6 is 0 Å². The van der Waals surface area contributed by atoms with Crippen molar-refractivity contribution in [3.05, 3.63) is 0 Å². The van der Waals surface area contributed by atoms with Crippen LogP contribution in [0.1, 0.15) is 39.0 Å². The maximum atomic E-state index is 12.1. The molecular formula is C12H18N2O2. The molecule has 0 bridgehead atoms. The Morgan fingerprint density at radius 2 is 2.12 bits per heavy atom. The summed E-state index contributed by atoms with van der Waals surface area (Å²) in [5.74, 6) is -0.103. The number of amides is 1. The molecule has 0 aromatic heterocycles. The molecule has 1 unspecified atom stereocenters. The molecule has 2 rings (SSSR count). The van der Waals surface area contributed by atoms with E-state index in [-0.39, 0.29) is 11.4 Å². The van der Waals surface area contributed by atoms with Crippen LogP contribution in [0.15, 0.2) is 0 Å². The Bertz CT molecular complexity index is 322. The predicted octanol–water partition coefficient (Wildman–Crippen LogP) is 1.37. The zero-order valence-corrected chi connectivity index (χ0v) is 9.71. The standard InChI is InChI=1S/C12H18N2O2/c1-11(4-3-7-16-9-11)14-10(15)12(8-13)5-2-6-12/h2-7,9H2,1H3,(H,14,15). The lowest BCUT2D eigenvalue weighted by atomic mass is 9.69. The Morgan fingerprint density at radius 1 is 1.38 bits per heavy atom. The largest absolute Gasteiger partial charge is 0.379 e. The molecule has 0 radical (unpaired) electrons. The number of nitrogens with zero attached hydrogens (tertiary/aromatic N) is 1. The van der Waals surface area contributed by atoms with Crippen molar-refractivity contribution in [1.29, 1.82) is 5.26 Å². The Hall–Kier alpha value is -1.08. The fraction of sp³-hybridized carbons (Fsp3) is 0.833. The second-order valence-electron chi connectivity index (χ2n) is 5.22. The maximum Gasteiger partial charge on any atom is 0.240 e. The highest BCUT2D eigenvalue weighted by molar-refractivity contribution is 5.86. The van der Waals surface area contributed by atoms with E-state index >= 15 is 0 Å². The molecule has 4 nitrogen and oxygen atoms in total. The van der Waals surface area contributed by atoms with Crippen molar-refractivity contribution in [3.63, 3.8) is 0 Å². The minimum absolute atomic E-state index is 0.103. The summed E-state index contributed by atoms with van der Waals surface area (Å²) >= 11 is 0. The van der Waals surface area contributed by atoms with Crippen LogP contribution in [0.25, 0.3) is 0 Å². The molecule has 1 heterocycles. The average Bonchev–Trinajstić information content (AvgIpc) is 2.17. The van der Waals surface area contributed by atoms with Gasteiger partial charge in [-0.05, 0) is 39.0 Å². The third kappa shape index (κ3) is 1.92. The van der Waals surface area contributed by atoms with Crippen LogP contribution in [-0.4, -0.2) is 24.7 Å². The van der Waals surface area contributed by atoms with Crippen molar-refractivity contribution in [1.82, 2.24) is 5.32 Å². The summed E-state index contributed by atoms with van der Waals surface area (Å²) < 4.78 is 5.39. The molecule has 16 heavy (non-hydrogen) atoms. The third-order valence-electron chi connectivity index (χ3n) is 3.71. The van der Waals surface area contributed by atoms with E-state index in [1.54, 1.807) is 0 Å². The van der Waals surface area contributed by atoms with Crippen LogP contribution in [0.3, 0.4) is 0 Å². The molecule has 2 fully saturated rings. The number of rotatable bonds is 2.